The fourth-order valence-electron chi connectivity index (χ4n) is 4.89. The molecular formula is C32H40N2O4. The number of aryl methyl sites for hydroxylation is 4. The van der Waals surface area contributed by atoms with Gasteiger partial charge in [0.1, 0.15) is 18.1 Å². The fourth-order valence-corrected chi connectivity index (χ4v) is 4.89. The van der Waals surface area contributed by atoms with E-state index in [4.69, 9.17) is 19.2 Å². The molecule has 6 heteroatoms. The van der Waals surface area contributed by atoms with E-state index in [1.165, 1.54) is 16.7 Å². The molecule has 0 aliphatic carbocycles. The summed E-state index contributed by atoms with van der Waals surface area (Å²) < 4.78 is 18.0. The van der Waals surface area contributed by atoms with Crippen LogP contribution in [0.2, 0.25) is 0 Å². The molecular weight excluding hydrogens is 476 g/mol. The molecule has 1 saturated heterocycles. The molecule has 0 radical (unpaired) electrons. The topological polar surface area (TPSA) is 60.9 Å². The van der Waals surface area contributed by atoms with Gasteiger partial charge in [0.05, 0.1) is 30.6 Å². The van der Waals surface area contributed by atoms with Crippen LogP contribution in [-0.4, -0.2) is 48.2 Å². The zero-order valence-electron chi connectivity index (χ0n) is 23.6. The monoisotopic (exact) mass is 516 g/mol. The molecule has 1 aromatic heterocycles. The maximum absolute atomic E-state index is 13.0. The molecule has 0 spiro atoms. The zero-order chi connectivity index (χ0) is 27.2. The minimum Gasteiger partial charge on any atom is -0.490 e. The van der Waals surface area contributed by atoms with Crippen LogP contribution in [0.15, 0.2) is 42.5 Å². The molecule has 0 unspecified atom stereocenters. The first-order valence-corrected chi connectivity index (χ1v) is 13.7. The number of hydrogen-bond acceptors (Lipinski definition) is 5. The number of amides is 1. The number of ether oxygens (including phenoxy) is 3. The first-order valence-electron chi connectivity index (χ1n) is 13.7. The van der Waals surface area contributed by atoms with Gasteiger partial charge in [-0.05, 0) is 69.4 Å². The summed E-state index contributed by atoms with van der Waals surface area (Å²) in [5, 5.41) is 0. The molecule has 2 heterocycles. The second-order valence-corrected chi connectivity index (χ2v) is 10.1. The second-order valence-electron chi connectivity index (χ2n) is 10.1. The first-order chi connectivity index (χ1) is 18.3. The molecule has 0 atom stereocenters. The van der Waals surface area contributed by atoms with Crippen LogP contribution in [0.1, 0.15) is 66.0 Å². The van der Waals surface area contributed by atoms with Crippen molar-refractivity contribution in [3.63, 3.8) is 0 Å². The van der Waals surface area contributed by atoms with E-state index in [0.717, 1.165) is 41.1 Å². The first kappa shape index (κ1) is 27.6. The Bertz CT molecular complexity index is 1260. The van der Waals surface area contributed by atoms with Crippen LogP contribution < -0.4 is 9.47 Å². The number of carbonyl (C=O) groups is 1. The molecule has 1 fully saturated rings. The predicted octanol–water partition coefficient (Wildman–Crippen LogP) is 6.33. The molecule has 0 saturated carbocycles. The predicted molar refractivity (Wildman–Crippen MR) is 151 cm³/mol. The molecule has 202 valence electrons. The van der Waals surface area contributed by atoms with Gasteiger partial charge in [0, 0.05) is 36.0 Å². The Hall–Kier alpha value is -3.38. The van der Waals surface area contributed by atoms with Crippen LogP contribution in [0.4, 0.5) is 0 Å². The highest BCUT2D eigenvalue weighted by atomic mass is 16.5. The van der Waals surface area contributed by atoms with Crippen LogP contribution in [0.5, 0.6) is 11.5 Å². The van der Waals surface area contributed by atoms with Gasteiger partial charge >= 0.3 is 0 Å². The van der Waals surface area contributed by atoms with Crippen LogP contribution >= 0.6 is 0 Å². The maximum Gasteiger partial charge on any atom is 0.254 e. The maximum atomic E-state index is 13.0. The number of carbonyl (C=O) groups excluding carboxylic acids is 1. The van der Waals surface area contributed by atoms with E-state index < -0.39 is 0 Å². The van der Waals surface area contributed by atoms with Crippen molar-refractivity contribution in [2.24, 2.45) is 0 Å². The lowest BCUT2D eigenvalue weighted by atomic mass is 9.94. The Morgan fingerprint density at radius 3 is 2.32 bits per heavy atom. The number of hydrogen-bond donors (Lipinski definition) is 0. The van der Waals surface area contributed by atoms with E-state index in [-0.39, 0.29) is 12.0 Å². The van der Waals surface area contributed by atoms with E-state index in [1.807, 2.05) is 50.8 Å². The molecule has 1 aliphatic rings. The van der Waals surface area contributed by atoms with Crippen LogP contribution in [0.25, 0.3) is 11.3 Å². The van der Waals surface area contributed by atoms with Gasteiger partial charge in [0.2, 0.25) is 0 Å². The van der Waals surface area contributed by atoms with Crippen molar-refractivity contribution in [3.8, 4) is 22.8 Å². The third-order valence-corrected chi connectivity index (χ3v) is 7.01. The molecule has 3 aromatic rings. The fraction of sp³-hybridized carbons (Fsp3) is 0.438. The van der Waals surface area contributed by atoms with Crippen LogP contribution in [-0.2, 0) is 24.2 Å². The number of rotatable bonds is 9. The van der Waals surface area contributed by atoms with Crippen molar-refractivity contribution >= 4 is 5.91 Å². The lowest BCUT2D eigenvalue weighted by molar-refractivity contribution is 0.0302. The van der Waals surface area contributed by atoms with Crippen LogP contribution in [0.3, 0.4) is 0 Å². The highest BCUT2D eigenvalue weighted by molar-refractivity contribution is 5.94. The largest absolute Gasteiger partial charge is 0.490 e. The van der Waals surface area contributed by atoms with Gasteiger partial charge in [-0.2, -0.15) is 0 Å². The number of pyridine rings is 1. The van der Waals surface area contributed by atoms with Gasteiger partial charge in [0.25, 0.3) is 5.91 Å². The number of morpholine rings is 1. The molecule has 2 aromatic carbocycles. The van der Waals surface area contributed by atoms with E-state index in [0.29, 0.717) is 44.2 Å². The van der Waals surface area contributed by atoms with Gasteiger partial charge in [-0.15, -0.1) is 0 Å². The number of benzene rings is 2. The van der Waals surface area contributed by atoms with Gasteiger partial charge < -0.3 is 19.1 Å². The SMILES string of the molecule is CCc1cccc(CC)c1-c1cc(OC(C)C)c(COc2cc(C(=O)N3CCOCC3)ccc2C)c(C)n1. The molecule has 0 N–H and O–H groups in total. The summed E-state index contributed by atoms with van der Waals surface area (Å²) in [5.41, 5.74) is 8.10. The van der Waals surface area contributed by atoms with E-state index >= 15 is 0 Å². The average Bonchev–Trinajstić information content (AvgIpc) is 2.92. The van der Waals surface area contributed by atoms with Gasteiger partial charge in [-0.25, -0.2) is 0 Å². The van der Waals surface area contributed by atoms with E-state index in [2.05, 4.69) is 38.1 Å². The smallest absolute Gasteiger partial charge is 0.254 e. The molecule has 1 amide bonds. The van der Waals surface area contributed by atoms with Crippen molar-refractivity contribution in [2.75, 3.05) is 26.3 Å². The summed E-state index contributed by atoms with van der Waals surface area (Å²) in [6.45, 7) is 15.1. The molecule has 38 heavy (non-hydrogen) atoms. The minimum atomic E-state index is 0.00509. The van der Waals surface area contributed by atoms with Crippen molar-refractivity contribution in [2.45, 2.75) is 67.1 Å². The summed E-state index contributed by atoms with van der Waals surface area (Å²) in [5.74, 6) is 1.48. The normalized spacial score (nSPS) is 13.6. The summed E-state index contributed by atoms with van der Waals surface area (Å²) in [7, 11) is 0. The van der Waals surface area contributed by atoms with Gasteiger partial charge in [-0.3, -0.25) is 9.78 Å². The summed E-state index contributed by atoms with van der Waals surface area (Å²) in [4.78, 5) is 19.9. The van der Waals surface area contributed by atoms with Crippen molar-refractivity contribution in [1.82, 2.24) is 9.88 Å². The summed E-state index contributed by atoms with van der Waals surface area (Å²) >= 11 is 0. The third kappa shape index (κ3) is 6.18. The van der Waals surface area contributed by atoms with Crippen molar-refractivity contribution in [1.29, 1.82) is 0 Å². The molecule has 1 aliphatic heterocycles. The average molecular weight is 517 g/mol. The Morgan fingerprint density at radius 1 is 1.00 bits per heavy atom. The minimum absolute atomic E-state index is 0.00509. The highest BCUT2D eigenvalue weighted by Crippen LogP contribution is 2.34. The zero-order valence-corrected chi connectivity index (χ0v) is 23.6. The highest BCUT2D eigenvalue weighted by Gasteiger charge is 2.21. The Labute approximate surface area is 226 Å². The summed E-state index contributed by atoms with van der Waals surface area (Å²) in [6, 6.07) is 14.2. The van der Waals surface area contributed by atoms with Gasteiger partial charge in [0.15, 0.2) is 0 Å². The Morgan fingerprint density at radius 2 is 1.68 bits per heavy atom. The van der Waals surface area contributed by atoms with Crippen molar-refractivity contribution in [3.05, 3.63) is 76.0 Å². The summed E-state index contributed by atoms with van der Waals surface area (Å²) in [6.07, 6.45) is 1.88. The quantitative estimate of drug-likeness (QED) is 0.333. The standard InChI is InChI=1S/C32H40N2O4/c1-7-24-10-9-11-25(8-2)31(24)28-19-30(38-21(3)4)27(23(6)33-28)20-37-29-18-26(13-12-22(29)5)32(35)34-14-16-36-17-15-34/h9-13,18-19,21H,7-8,14-17,20H2,1-6H3. The third-order valence-electron chi connectivity index (χ3n) is 7.01. The van der Waals surface area contributed by atoms with E-state index in [1.54, 1.807) is 0 Å². The van der Waals surface area contributed by atoms with Crippen LogP contribution in [0, 0.1) is 13.8 Å². The number of aromatic nitrogens is 1. The Kier molecular flexibility index (Phi) is 9.05. The molecule has 6 nitrogen and oxygen atoms in total. The Balaban J connectivity index is 1.65. The second kappa shape index (κ2) is 12.4. The lowest BCUT2D eigenvalue weighted by Crippen LogP contribution is -2.40. The molecule has 0 bridgehead atoms. The van der Waals surface area contributed by atoms with E-state index in [9.17, 15) is 4.79 Å². The van der Waals surface area contributed by atoms with Crippen molar-refractivity contribution < 1.29 is 19.0 Å². The lowest BCUT2D eigenvalue weighted by Gasteiger charge is -2.27. The number of nitrogens with zero attached hydrogens (tertiary/aromatic N) is 2. The molecule has 4 rings (SSSR count). The van der Waals surface area contributed by atoms with Gasteiger partial charge in [-0.1, -0.05) is 38.1 Å².